The summed E-state index contributed by atoms with van der Waals surface area (Å²) in [6.07, 6.45) is 0.140. The Morgan fingerprint density at radius 3 is 2.52 bits per heavy atom. The van der Waals surface area contributed by atoms with E-state index in [-0.39, 0.29) is 18.9 Å². The van der Waals surface area contributed by atoms with E-state index in [4.69, 9.17) is 4.74 Å². The molecule has 1 amide bonds. The van der Waals surface area contributed by atoms with Gasteiger partial charge in [0.2, 0.25) is 5.91 Å². The Balaban J connectivity index is 1.38. The molecule has 162 valence electrons. The van der Waals surface area contributed by atoms with Crippen LogP contribution in [0, 0.1) is 0 Å². The standard InChI is InChI=1S/C23H26N4O4/c28-21(9-10-27-20-8-4-3-7-19(20)22(29)25-23(27)30)24-15-17-5-1-2-6-18(17)16-26-11-13-31-14-12-26/h1-8H,9-16H2,(H,24,28)(H,25,29,30). The summed E-state index contributed by atoms with van der Waals surface area (Å²) in [5.41, 5.74) is 1.87. The quantitative estimate of drug-likeness (QED) is 0.597. The zero-order valence-electron chi connectivity index (χ0n) is 17.3. The van der Waals surface area contributed by atoms with E-state index in [9.17, 15) is 14.4 Å². The number of hydrogen-bond donors (Lipinski definition) is 2. The van der Waals surface area contributed by atoms with Gasteiger partial charge in [-0.1, -0.05) is 36.4 Å². The highest BCUT2D eigenvalue weighted by molar-refractivity contribution is 5.78. The first kappa shape index (κ1) is 21.0. The number of para-hydroxylation sites is 1. The Bertz CT molecular complexity index is 1180. The molecule has 8 nitrogen and oxygen atoms in total. The van der Waals surface area contributed by atoms with Crippen molar-refractivity contribution in [3.63, 3.8) is 0 Å². The molecule has 1 aliphatic heterocycles. The number of H-pyrrole nitrogens is 1. The van der Waals surface area contributed by atoms with Crippen molar-refractivity contribution in [1.82, 2.24) is 19.8 Å². The lowest BCUT2D eigenvalue weighted by atomic mass is 10.1. The molecule has 1 saturated heterocycles. The number of rotatable bonds is 7. The van der Waals surface area contributed by atoms with Crippen molar-refractivity contribution >= 4 is 16.8 Å². The minimum atomic E-state index is -0.507. The van der Waals surface area contributed by atoms with Crippen LogP contribution in [-0.2, 0) is 29.2 Å². The lowest BCUT2D eigenvalue weighted by Crippen LogP contribution is -2.36. The smallest absolute Gasteiger partial charge is 0.328 e. The normalized spacial score (nSPS) is 14.6. The third-order valence-corrected chi connectivity index (χ3v) is 5.56. The maximum Gasteiger partial charge on any atom is 0.328 e. The molecule has 0 spiro atoms. The molecule has 0 aliphatic carbocycles. The Morgan fingerprint density at radius 1 is 1.00 bits per heavy atom. The van der Waals surface area contributed by atoms with Crippen LogP contribution in [0.4, 0.5) is 0 Å². The lowest BCUT2D eigenvalue weighted by molar-refractivity contribution is -0.121. The predicted molar refractivity (Wildman–Crippen MR) is 118 cm³/mol. The first-order chi connectivity index (χ1) is 15.1. The Labute approximate surface area is 179 Å². The van der Waals surface area contributed by atoms with Crippen LogP contribution in [0.3, 0.4) is 0 Å². The molecule has 4 rings (SSSR count). The van der Waals surface area contributed by atoms with Gasteiger partial charge in [0.1, 0.15) is 0 Å². The second kappa shape index (κ2) is 9.72. The summed E-state index contributed by atoms with van der Waals surface area (Å²) < 4.78 is 6.84. The summed E-state index contributed by atoms with van der Waals surface area (Å²) in [5, 5.41) is 3.39. The van der Waals surface area contributed by atoms with Gasteiger partial charge >= 0.3 is 5.69 Å². The van der Waals surface area contributed by atoms with E-state index in [0.717, 1.165) is 38.4 Å². The molecule has 2 heterocycles. The molecular weight excluding hydrogens is 396 g/mol. The largest absolute Gasteiger partial charge is 0.379 e. The lowest BCUT2D eigenvalue weighted by Gasteiger charge is -2.27. The third kappa shape index (κ3) is 5.10. The van der Waals surface area contributed by atoms with E-state index in [0.29, 0.717) is 17.4 Å². The molecule has 8 heteroatoms. The number of amides is 1. The van der Waals surface area contributed by atoms with Gasteiger partial charge in [-0.15, -0.1) is 0 Å². The predicted octanol–water partition coefficient (Wildman–Crippen LogP) is 1.23. The number of nitrogens with one attached hydrogen (secondary N) is 2. The first-order valence-electron chi connectivity index (χ1n) is 10.5. The highest BCUT2D eigenvalue weighted by Gasteiger charge is 2.13. The van der Waals surface area contributed by atoms with Gasteiger partial charge in [-0.3, -0.25) is 24.0 Å². The van der Waals surface area contributed by atoms with Gasteiger partial charge < -0.3 is 10.1 Å². The monoisotopic (exact) mass is 422 g/mol. The summed E-state index contributed by atoms with van der Waals surface area (Å²) in [6, 6.07) is 15.0. The average molecular weight is 422 g/mol. The fraction of sp³-hybridized carbons (Fsp3) is 0.348. The summed E-state index contributed by atoms with van der Waals surface area (Å²) in [4.78, 5) is 41.3. The topological polar surface area (TPSA) is 96.4 Å². The molecular formula is C23H26N4O4. The van der Waals surface area contributed by atoms with Crippen LogP contribution < -0.4 is 16.6 Å². The molecule has 2 aromatic carbocycles. The summed E-state index contributed by atoms with van der Waals surface area (Å²) in [5.74, 6) is -0.150. The van der Waals surface area contributed by atoms with E-state index in [2.05, 4.69) is 21.3 Å². The summed E-state index contributed by atoms with van der Waals surface area (Å²) in [6.45, 7) is 4.76. The van der Waals surface area contributed by atoms with Gasteiger partial charge in [0.05, 0.1) is 24.1 Å². The second-order valence-electron chi connectivity index (χ2n) is 7.61. The molecule has 1 aromatic heterocycles. The van der Waals surface area contributed by atoms with E-state index >= 15 is 0 Å². The summed E-state index contributed by atoms with van der Waals surface area (Å²) in [7, 11) is 0. The van der Waals surface area contributed by atoms with E-state index in [1.165, 1.54) is 10.1 Å². The maximum absolute atomic E-state index is 12.5. The maximum atomic E-state index is 12.5. The number of morpholine rings is 1. The Kier molecular flexibility index (Phi) is 6.59. The number of carbonyl (C=O) groups is 1. The van der Waals surface area contributed by atoms with Crippen LogP contribution in [0.5, 0.6) is 0 Å². The van der Waals surface area contributed by atoms with Crippen molar-refractivity contribution in [1.29, 1.82) is 0 Å². The van der Waals surface area contributed by atoms with E-state index in [1.54, 1.807) is 24.3 Å². The zero-order valence-corrected chi connectivity index (χ0v) is 17.3. The first-order valence-corrected chi connectivity index (χ1v) is 10.5. The zero-order chi connectivity index (χ0) is 21.6. The van der Waals surface area contributed by atoms with E-state index in [1.807, 2.05) is 18.2 Å². The highest BCUT2D eigenvalue weighted by Crippen LogP contribution is 2.13. The Hall–Kier alpha value is -3.23. The average Bonchev–Trinajstić information content (AvgIpc) is 2.79. The number of hydrogen-bond acceptors (Lipinski definition) is 5. The van der Waals surface area contributed by atoms with Crippen molar-refractivity contribution in [2.45, 2.75) is 26.1 Å². The van der Waals surface area contributed by atoms with Gasteiger partial charge in [0.25, 0.3) is 5.56 Å². The minimum absolute atomic E-state index is 0.140. The van der Waals surface area contributed by atoms with Gasteiger partial charge in [0.15, 0.2) is 0 Å². The molecule has 31 heavy (non-hydrogen) atoms. The highest BCUT2D eigenvalue weighted by atomic mass is 16.5. The van der Waals surface area contributed by atoms with Crippen LogP contribution in [0.2, 0.25) is 0 Å². The molecule has 0 bridgehead atoms. The number of aryl methyl sites for hydroxylation is 1. The number of aromatic nitrogens is 2. The van der Waals surface area contributed by atoms with Crippen LogP contribution in [0.25, 0.3) is 10.9 Å². The number of nitrogens with zero attached hydrogens (tertiary/aromatic N) is 2. The molecule has 3 aromatic rings. The Morgan fingerprint density at radius 2 is 1.71 bits per heavy atom. The van der Waals surface area contributed by atoms with E-state index < -0.39 is 11.2 Å². The van der Waals surface area contributed by atoms with Crippen LogP contribution in [-0.4, -0.2) is 46.7 Å². The van der Waals surface area contributed by atoms with Crippen molar-refractivity contribution in [3.05, 3.63) is 80.5 Å². The van der Waals surface area contributed by atoms with Crippen LogP contribution in [0.1, 0.15) is 17.5 Å². The number of benzene rings is 2. The summed E-state index contributed by atoms with van der Waals surface area (Å²) >= 11 is 0. The van der Waals surface area contributed by atoms with Gasteiger partial charge in [0, 0.05) is 39.1 Å². The van der Waals surface area contributed by atoms with Crippen molar-refractivity contribution in [2.75, 3.05) is 26.3 Å². The van der Waals surface area contributed by atoms with Crippen molar-refractivity contribution < 1.29 is 9.53 Å². The van der Waals surface area contributed by atoms with Crippen molar-refractivity contribution in [3.8, 4) is 0 Å². The molecule has 1 aliphatic rings. The number of carbonyl (C=O) groups excluding carboxylic acids is 1. The fourth-order valence-electron chi connectivity index (χ4n) is 3.84. The van der Waals surface area contributed by atoms with Gasteiger partial charge in [-0.25, -0.2) is 4.79 Å². The number of ether oxygens (including phenoxy) is 1. The molecule has 2 N–H and O–H groups in total. The van der Waals surface area contributed by atoms with Gasteiger partial charge in [-0.05, 0) is 23.3 Å². The van der Waals surface area contributed by atoms with Crippen molar-refractivity contribution in [2.24, 2.45) is 0 Å². The minimum Gasteiger partial charge on any atom is -0.379 e. The molecule has 1 fully saturated rings. The second-order valence-corrected chi connectivity index (χ2v) is 7.61. The van der Waals surface area contributed by atoms with Crippen LogP contribution in [0.15, 0.2) is 58.1 Å². The molecule has 0 unspecified atom stereocenters. The fourth-order valence-corrected chi connectivity index (χ4v) is 3.84. The number of fused-ring (bicyclic) bond motifs is 1. The van der Waals surface area contributed by atoms with Gasteiger partial charge in [-0.2, -0.15) is 0 Å². The molecule has 0 saturated carbocycles. The van der Waals surface area contributed by atoms with Crippen LogP contribution >= 0.6 is 0 Å². The number of aromatic amines is 1. The SMILES string of the molecule is O=C(CCn1c(=O)[nH]c(=O)c2ccccc21)NCc1ccccc1CN1CCOCC1. The molecule has 0 atom stereocenters. The third-order valence-electron chi connectivity index (χ3n) is 5.56. The molecule has 0 radical (unpaired) electrons.